The molecule has 3 rings (SSSR count). The van der Waals surface area contributed by atoms with Gasteiger partial charge < -0.3 is 10.2 Å². The molecular formula is C16H17F3N4O. The van der Waals surface area contributed by atoms with Gasteiger partial charge in [-0.25, -0.2) is 0 Å². The number of aryl methyl sites for hydroxylation is 1. The first-order valence-electron chi connectivity index (χ1n) is 7.62. The van der Waals surface area contributed by atoms with Gasteiger partial charge in [0.25, 0.3) is 5.91 Å². The summed E-state index contributed by atoms with van der Waals surface area (Å²) in [5.74, 6) is -0.837. The number of halogens is 3. The van der Waals surface area contributed by atoms with Gasteiger partial charge in [-0.3, -0.25) is 9.48 Å². The summed E-state index contributed by atoms with van der Waals surface area (Å²) in [5, 5.41) is 6.04. The molecule has 1 saturated heterocycles. The van der Waals surface area contributed by atoms with Crippen LogP contribution in [0.3, 0.4) is 0 Å². The highest BCUT2D eigenvalue weighted by Crippen LogP contribution is 2.32. The smallest absolute Gasteiger partial charge is 0.372 e. The topological polar surface area (TPSA) is 50.2 Å². The van der Waals surface area contributed by atoms with Gasteiger partial charge in [0.1, 0.15) is 11.3 Å². The zero-order chi connectivity index (χ0) is 17.3. The van der Waals surface area contributed by atoms with E-state index in [9.17, 15) is 18.0 Å². The van der Waals surface area contributed by atoms with Gasteiger partial charge in [0.15, 0.2) is 0 Å². The minimum atomic E-state index is -4.62. The molecule has 0 unspecified atom stereocenters. The lowest BCUT2D eigenvalue weighted by molar-refractivity contribution is -0.138. The van der Waals surface area contributed by atoms with Gasteiger partial charge in [-0.15, -0.1) is 0 Å². The van der Waals surface area contributed by atoms with E-state index in [-0.39, 0.29) is 0 Å². The van der Waals surface area contributed by atoms with Gasteiger partial charge in [-0.2, -0.15) is 18.3 Å². The molecule has 2 aromatic rings. The number of amides is 1. The molecule has 1 amide bonds. The number of rotatable bonds is 3. The summed E-state index contributed by atoms with van der Waals surface area (Å²) in [4.78, 5) is 14.5. The van der Waals surface area contributed by atoms with Crippen molar-refractivity contribution < 1.29 is 18.0 Å². The van der Waals surface area contributed by atoms with E-state index in [2.05, 4.69) is 15.3 Å². The number of alkyl halides is 3. The number of carbonyl (C=O) groups excluding carboxylic acids is 1. The highest BCUT2D eigenvalue weighted by Gasteiger charge is 2.38. The van der Waals surface area contributed by atoms with E-state index in [0.29, 0.717) is 11.9 Å². The van der Waals surface area contributed by atoms with Crippen molar-refractivity contribution in [2.24, 2.45) is 7.05 Å². The van der Waals surface area contributed by atoms with E-state index in [1.807, 2.05) is 12.1 Å². The zero-order valence-electron chi connectivity index (χ0n) is 13.1. The highest BCUT2D eigenvalue weighted by molar-refractivity contribution is 6.04. The van der Waals surface area contributed by atoms with E-state index >= 15 is 0 Å². The van der Waals surface area contributed by atoms with Crippen molar-refractivity contribution in [1.29, 1.82) is 0 Å². The second kappa shape index (κ2) is 6.18. The molecule has 1 N–H and O–H groups in total. The first-order valence-corrected chi connectivity index (χ1v) is 7.62. The lowest BCUT2D eigenvalue weighted by Crippen LogP contribution is -2.21. The minimum Gasteiger partial charge on any atom is -0.372 e. The maximum Gasteiger partial charge on any atom is 0.420 e. The fourth-order valence-corrected chi connectivity index (χ4v) is 2.84. The Morgan fingerprint density at radius 2 is 1.79 bits per heavy atom. The Hall–Kier alpha value is -2.51. The molecule has 1 aliphatic heterocycles. The quantitative estimate of drug-likeness (QED) is 0.934. The maximum atomic E-state index is 12.9. The van der Waals surface area contributed by atoms with E-state index in [1.165, 1.54) is 7.05 Å². The number of aromatic nitrogens is 2. The molecule has 128 valence electrons. The van der Waals surface area contributed by atoms with Gasteiger partial charge in [0.2, 0.25) is 0 Å². The minimum absolute atomic E-state index is 0.442. The largest absolute Gasteiger partial charge is 0.420 e. The van der Waals surface area contributed by atoms with Crippen LogP contribution in [0.5, 0.6) is 0 Å². The highest BCUT2D eigenvalue weighted by atomic mass is 19.4. The molecule has 0 saturated carbocycles. The second-order valence-electron chi connectivity index (χ2n) is 5.72. The van der Waals surface area contributed by atoms with Crippen LogP contribution < -0.4 is 10.2 Å². The van der Waals surface area contributed by atoms with E-state index in [4.69, 9.17) is 0 Å². The third-order valence-electron chi connectivity index (χ3n) is 4.06. The molecule has 1 aromatic heterocycles. The standard InChI is InChI=1S/C16H17F3N4O/c1-22-14(13(10-20-22)16(17,18)19)15(24)21-11-4-6-12(7-5-11)23-8-2-3-9-23/h4-7,10H,2-3,8-9H2,1H3,(H,21,24). The number of anilines is 2. The Morgan fingerprint density at radius 3 is 2.38 bits per heavy atom. The van der Waals surface area contributed by atoms with Crippen LogP contribution >= 0.6 is 0 Å². The van der Waals surface area contributed by atoms with Gasteiger partial charge in [-0.1, -0.05) is 0 Å². The molecular weight excluding hydrogens is 321 g/mol. The summed E-state index contributed by atoms with van der Waals surface area (Å²) in [7, 11) is 1.31. The van der Waals surface area contributed by atoms with Crippen molar-refractivity contribution in [3.8, 4) is 0 Å². The third-order valence-corrected chi connectivity index (χ3v) is 4.06. The Labute approximate surface area is 137 Å². The molecule has 8 heteroatoms. The summed E-state index contributed by atoms with van der Waals surface area (Å²) in [6.07, 6.45) is -1.66. The predicted octanol–water partition coefficient (Wildman–Crippen LogP) is 3.29. The van der Waals surface area contributed by atoms with Gasteiger partial charge >= 0.3 is 6.18 Å². The van der Waals surface area contributed by atoms with Crippen LogP contribution in [0.25, 0.3) is 0 Å². The molecule has 1 fully saturated rings. The van der Waals surface area contributed by atoms with E-state index in [0.717, 1.165) is 36.3 Å². The van der Waals surface area contributed by atoms with Crippen molar-refractivity contribution in [3.63, 3.8) is 0 Å². The number of nitrogens with zero attached hydrogens (tertiary/aromatic N) is 3. The van der Waals surface area contributed by atoms with Crippen LogP contribution in [0.1, 0.15) is 28.9 Å². The summed E-state index contributed by atoms with van der Waals surface area (Å²) in [6.45, 7) is 1.99. The number of nitrogens with one attached hydrogen (secondary N) is 1. The number of carbonyl (C=O) groups is 1. The van der Waals surface area contributed by atoms with Crippen LogP contribution in [0.15, 0.2) is 30.5 Å². The first kappa shape index (κ1) is 16.4. The van der Waals surface area contributed by atoms with Crippen LogP contribution in [0, 0.1) is 0 Å². The van der Waals surface area contributed by atoms with Crippen LogP contribution in [0.4, 0.5) is 24.5 Å². The SMILES string of the molecule is Cn1ncc(C(F)(F)F)c1C(=O)Nc1ccc(N2CCCC2)cc1. The molecule has 2 heterocycles. The molecule has 0 spiro atoms. The van der Waals surface area contributed by atoms with Gasteiger partial charge in [-0.05, 0) is 37.1 Å². The van der Waals surface area contributed by atoms with E-state index < -0.39 is 23.3 Å². The Balaban J connectivity index is 1.77. The molecule has 0 atom stereocenters. The summed E-state index contributed by atoms with van der Waals surface area (Å²) in [6, 6.07) is 7.09. The van der Waals surface area contributed by atoms with Crippen LogP contribution in [-0.2, 0) is 13.2 Å². The van der Waals surface area contributed by atoms with Crippen molar-refractivity contribution in [3.05, 3.63) is 41.7 Å². The van der Waals surface area contributed by atoms with Crippen LogP contribution in [0.2, 0.25) is 0 Å². The summed E-state index contributed by atoms with van der Waals surface area (Å²) in [5.41, 5.74) is -0.0680. The Kier molecular flexibility index (Phi) is 4.21. The molecule has 1 aliphatic rings. The second-order valence-corrected chi connectivity index (χ2v) is 5.72. The molecule has 0 radical (unpaired) electrons. The van der Waals surface area contributed by atoms with Crippen molar-refractivity contribution in [2.75, 3.05) is 23.3 Å². The summed E-state index contributed by atoms with van der Waals surface area (Å²) >= 11 is 0. The van der Waals surface area contributed by atoms with E-state index in [1.54, 1.807) is 12.1 Å². The van der Waals surface area contributed by atoms with Crippen molar-refractivity contribution in [1.82, 2.24) is 9.78 Å². The zero-order valence-corrected chi connectivity index (χ0v) is 13.1. The fraction of sp³-hybridized carbons (Fsp3) is 0.375. The summed E-state index contributed by atoms with van der Waals surface area (Å²) < 4.78 is 39.8. The Bertz CT molecular complexity index is 731. The fourth-order valence-electron chi connectivity index (χ4n) is 2.84. The number of hydrogen-bond acceptors (Lipinski definition) is 3. The average molecular weight is 338 g/mol. The first-order chi connectivity index (χ1) is 11.4. The monoisotopic (exact) mass is 338 g/mol. The van der Waals surface area contributed by atoms with Crippen LogP contribution in [-0.4, -0.2) is 28.8 Å². The molecule has 5 nitrogen and oxygen atoms in total. The maximum absolute atomic E-state index is 12.9. The lowest BCUT2D eigenvalue weighted by Gasteiger charge is -2.18. The molecule has 24 heavy (non-hydrogen) atoms. The lowest BCUT2D eigenvalue weighted by atomic mass is 10.2. The van der Waals surface area contributed by atoms with Gasteiger partial charge in [0, 0.05) is 31.5 Å². The van der Waals surface area contributed by atoms with Crippen molar-refractivity contribution in [2.45, 2.75) is 19.0 Å². The third kappa shape index (κ3) is 3.22. The molecule has 1 aromatic carbocycles. The van der Waals surface area contributed by atoms with Gasteiger partial charge in [0.05, 0.1) is 6.20 Å². The molecule has 0 aliphatic carbocycles. The van der Waals surface area contributed by atoms with Crippen molar-refractivity contribution >= 4 is 17.3 Å². The molecule has 0 bridgehead atoms. The number of hydrogen-bond donors (Lipinski definition) is 1. The number of benzene rings is 1. The predicted molar refractivity (Wildman–Crippen MR) is 84.1 cm³/mol. The normalized spacial score (nSPS) is 14.9. The average Bonchev–Trinajstić information content (AvgIpc) is 3.16. The Morgan fingerprint density at radius 1 is 1.17 bits per heavy atom.